The number of hydrogen-bond acceptors (Lipinski definition) is 5. The number of nitrogens with zero attached hydrogens (tertiary/aromatic N) is 2. The van der Waals surface area contributed by atoms with E-state index in [1.165, 1.54) is 22.5 Å². The molecular weight excluding hydrogens is 394 g/mol. The maximum Gasteiger partial charge on any atom is 0.233 e. The second-order valence-electron chi connectivity index (χ2n) is 7.60. The molecule has 156 valence electrons. The zero-order chi connectivity index (χ0) is 20.9. The molecule has 0 saturated heterocycles. The van der Waals surface area contributed by atoms with Crippen molar-refractivity contribution in [3.8, 4) is 5.75 Å². The van der Waals surface area contributed by atoms with E-state index in [1.807, 2.05) is 48.7 Å². The number of methoxy groups -OCH3 is 1. The molecule has 1 amide bonds. The number of aromatic nitrogens is 1. The number of fused-ring (bicyclic) bond motifs is 1. The van der Waals surface area contributed by atoms with Gasteiger partial charge in [0.25, 0.3) is 0 Å². The summed E-state index contributed by atoms with van der Waals surface area (Å²) >= 11 is 1.49. The topological polar surface area (TPSA) is 54.5 Å². The highest BCUT2D eigenvalue weighted by Crippen LogP contribution is 2.26. The molecule has 0 aliphatic carbocycles. The summed E-state index contributed by atoms with van der Waals surface area (Å²) in [6, 6.07) is 16.2. The standard InChI is InChI=1S/C24H27N3O2S/c1-3-22(17-7-5-4-6-8-17)23(28)26-24-25-20(16-30-24)15-27-12-11-18-13-21(29-2)10-9-19(18)14-27/h4-10,13,16,22H,3,11-12,14-15H2,1-2H3,(H,25,26,28). The zero-order valence-corrected chi connectivity index (χ0v) is 18.2. The molecule has 0 bridgehead atoms. The Bertz CT molecular complexity index is 1000. The number of hydrogen-bond donors (Lipinski definition) is 1. The van der Waals surface area contributed by atoms with Gasteiger partial charge in [0.15, 0.2) is 5.13 Å². The average Bonchev–Trinajstić information content (AvgIpc) is 3.21. The van der Waals surface area contributed by atoms with Gasteiger partial charge in [-0.05, 0) is 41.7 Å². The van der Waals surface area contributed by atoms with Crippen LogP contribution in [0.15, 0.2) is 53.9 Å². The van der Waals surface area contributed by atoms with Gasteiger partial charge in [-0.25, -0.2) is 4.98 Å². The fraction of sp³-hybridized carbons (Fsp3) is 0.333. The highest BCUT2D eigenvalue weighted by atomic mass is 32.1. The van der Waals surface area contributed by atoms with Crippen LogP contribution in [0.2, 0.25) is 0 Å². The van der Waals surface area contributed by atoms with Gasteiger partial charge in [-0.2, -0.15) is 0 Å². The molecule has 0 saturated carbocycles. The monoisotopic (exact) mass is 421 g/mol. The number of anilines is 1. The molecule has 0 radical (unpaired) electrons. The van der Waals surface area contributed by atoms with Crippen molar-refractivity contribution in [1.82, 2.24) is 9.88 Å². The second-order valence-corrected chi connectivity index (χ2v) is 8.46. The number of rotatable bonds is 7. The Balaban J connectivity index is 1.37. The van der Waals surface area contributed by atoms with E-state index in [-0.39, 0.29) is 11.8 Å². The van der Waals surface area contributed by atoms with Crippen LogP contribution in [-0.4, -0.2) is 29.4 Å². The van der Waals surface area contributed by atoms with Crippen LogP contribution in [0.5, 0.6) is 5.75 Å². The van der Waals surface area contributed by atoms with E-state index >= 15 is 0 Å². The van der Waals surface area contributed by atoms with Crippen molar-refractivity contribution >= 4 is 22.4 Å². The third-order valence-electron chi connectivity index (χ3n) is 5.60. The molecule has 1 aliphatic heterocycles. The van der Waals surface area contributed by atoms with Crippen molar-refractivity contribution in [2.45, 2.75) is 38.8 Å². The van der Waals surface area contributed by atoms with Crippen LogP contribution in [0.25, 0.3) is 0 Å². The normalized spacial score (nSPS) is 14.7. The Morgan fingerprint density at radius 3 is 2.83 bits per heavy atom. The molecule has 30 heavy (non-hydrogen) atoms. The summed E-state index contributed by atoms with van der Waals surface area (Å²) in [6.07, 6.45) is 1.77. The van der Waals surface area contributed by atoms with E-state index in [0.29, 0.717) is 5.13 Å². The molecule has 4 rings (SSSR count). The van der Waals surface area contributed by atoms with Crippen LogP contribution in [0.3, 0.4) is 0 Å². The lowest BCUT2D eigenvalue weighted by molar-refractivity contribution is -0.117. The molecule has 0 spiro atoms. The summed E-state index contributed by atoms with van der Waals surface area (Å²) < 4.78 is 5.33. The van der Waals surface area contributed by atoms with Gasteiger partial charge in [0.2, 0.25) is 5.91 Å². The smallest absolute Gasteiger partial charge is 0.233 e. The fourth-order valence-electron chi connectivity index (χ4n) is 3.97. The van der Waals surface area contributed by atoms with Crippen molar-refractivity contribution in [3.63, 3.8) is 0 Å². The summed E-state index contributed by atoms with van der Waals surface area (Å²) in [6.45, 7) is 4.72. The van der Waals surface area contributed by atoms with Crippen molar-refractivity contribution < 1.29 is 9.53 Å². The van der Waals surface area contributed by atoms with Gasteiger partial charge in [0.05, 0.1) is 18.7 Å². The number of benzene rings is 2. The van der Waals surface area contributed by atoms with Gasteiger partial charge in [-0.1, -0.05) is 43.3 Å². The molecule has 5 nitrogen and oxygen atoms in total. The second kappa shape index (κ2) is 9.41. The van der Waals surface area contributed by atoms with Crippen LogP contribution in [0, 0.1) is 0 Å². The first kappa shape index (κ1) is 20.6. The number of amides is 1. The molecule has 2 heterocycles. The summed E-state index contributed by atoms with van der Waals surface area (Å²) in [5.74, 6) is 0.766. The van der Waals surface area contributed by atoms with E-state index < -0.39 is 0 Å². The molecule has 1 aromatic heterocycles. The minimum atomic E-state index is -0.158. The van der Waals surface area contributed by atoms with Crippen LogP contribution in [-0.2, 0) is 24.3 Å². The van der Waals surface area contributed by atoms with Crippen LogP contribution < -0.4 is 10.1 Å². The third kappa shape index (κ3) is 4.71. The first-order valence-corrected chi connectivity index (χ1v) is 11.2. The molecule has 1 aliphatic rings. The van der Waals surface area contributed by atoms with E-state index in [1.54, 1.807) is 7.11 Å². The first-order valence-electron chi connectivity index (χ1n) is 10.3. The van der Waals surface area contributed by atoms with Crippen LogP contribution in [0.4, 0.5) is 5.13 Å². The molecule has 2 aromatic carbocycles. The largest absolute Gasteiger partial charge is 0.497 e. The summed E-state index contributed by atoms with van der Waals surface area (Å²) in [5.41, 5.74) is 4.75. The molecular formula is C24H27N3O2S. The predicted octanol–water partition coefficient (Wildman–Crippen LogP) is 4.84. The lowest BCUT2D eigenvalue weighted by Crippen LogP contribution is -2.30. The number of carbonyl (C=O) groups excluding carboxylic acids is 1. The first-order chi connectivity index (χ1) is 14.7. The Kier molecular flexibility index (Phi) is 6.45. The van der Waals surface area contributed by atoms with Gasteiger partial charge >= 0.3 is 0 Å². The lowest BCUT2D eigenvalue weighted by Gasteiger charge is -2.28. The molecule has 1 atom stereocenters. The number of carbonyl (C=O) groups is 1. The Hall–Kier alpha value is -2.70. The quantitative estimate of drug-likeness (QED) is 0.593. The number of thiazole rings is 1. The van der Waals surface area contributed by atoms with Gasteiger partial charge in [-0.3, -0.25) is 9.69 Å². The molecule has 6 heteroatoms. The van der Waals surface area contributed by atoms with Crippen molar-refractivity contribution in [1.29, 1.82) is 0 Å². The Labute approximate surface area is 181 Å². The molecule has 1 unspecified atom stereocenters. The maximum absolute atomic E-state index is 12.8. The minimum Gasteiger partial charge on any atom is -0.497 e. The Morgan fingerprint density at radius 1 is 1.23 bits per heavy atom. The summed E-state index contributed by atoms with van der Waals surface area (Å²) in [7, 11) is 1.71. The predicted molar refractivity (Wildman–Crippen MR) is 121 cm³/mol. The van der Waals surface area contributed by atoms with Crippen molar-refractivity contribution in [2.24, 2.45) is 0 Å². The minimum absolute atomic E-state index is 0.00504. The lowest BCUT2D eigenvalue weighted by atomic mass is 9.96. The SMILES string of the molecule is CCC(C(=O)Nc1nc(CN2CCc3cc(OC)ccc3C2)cs1)c1ccccc1. The van der Waals surface area contributed by atoms with E-state index in [9.17, 15) is 4.79 Å². The Morgan fingerprint density at radius 2 is 2.07 bits per heavy atom. The highest BCUT2D eigenvalue weighted by Gasteiger charge is 2.21. The molecule has 3 aromatic rings. The highest BCUT2D eigenvalue weighted by molar-refractivity contribution is 7.13. The third-order valence-corrected chi connectivity index (χ3v) is 6.41. The number of ether oxygens (including phenoxy) is 1. The number of nitrogens with one attached hydrogen (secondary N) is 1. The zero-order valence-electron chi connectivity index (χ0n) is 17.4. The summed E-state index contributed by atoms with van der Waals surface area (Å²) in [4.78, 5) is 19.8. The van der Waals surface area contributed by atoms with E-state index in [4.69, 9.17) is 4.74 Å². The summed E-state index contributed by atoms with van der Waals surface area (Å²) in [5, 5.41) is 5.73. The molecule has 0 fully saturated rings. The van der Waals surface area contributed by atoms with Gasteiger partial charge in [0.1, 0.15) is 5.75 Å². The van der Waals surface area contributed by atoms with Gasteiger partial charge in [-0.15, -0.1) is 11.3 Å². The van der Waals surface area contributed by atoms with Gasteiger partial charge < -0.3 is 10.1 Å². The average molecular weight is 422 g/mol. The van der Waals surface area contributed by atoms with E-state index in [0.717, 1.165) is 49.5 Å². The van der Waals surface area contributed by atoms with Crippen molar-refractivity contribution in [3.05, 3.63) is 76.3 Å². The maximum atomic E-state index is 12.8. The van der Waals surface area contributed by atoms with Crippen molar-refractivity contribution in [2.75, 3.05) is 19.0 Å². The van der Waals surface area contributed by atoms with Crippen LogP contribution >= 0.6 is 11.3 Å². The molecule has 1 N–H and O–H groups in total. The van der Waals surface area contributed by atoms with Gasteiger partial charge in [0, 0.05) is 25.0 Å². The van der Waals surface area contributed by atoms with E-state index in [2.05, 4.69) is 27.3 Å². The fourth-order valence-corrected chi connectivity index (χ4v) is 4.67. The van der Waals surface area contributed by atoms with Crippen LogP contribution in [0.1, 0.15) is 41.6 Å².